The summed E-state index contributed by atoms with van der Waals surface area (Å²) in [6, 6.07) is 0.129. The number of esters is 1. The van der Waals surface area contributed by atoms with Gasteiger partial charge in [0, 0.05) is 32.7 Å². The van der Waals surface area contributed by atoms with E-state index in [9.17, 15) is 9.59 Å². The van der Waals surface area contributed by atoms with Gasteiger partial charge in [0.2, 0.25) is 0 Å². The monoisotopic (exact) mass is 399 g/mol. The molecule has 2 saturated heterocycles. The number of ether oxygens (including phenoxy) is 2. The summed E-state index contributed by atoms with van der Waals surface area (Å²) in [5.74, 6) is -0.490. The molecule has 0 bridgehead atoms. The van der Waals surface area contributed by atoms with Crippen LogP contribution in [0.5, 0.6) is 0 Å². The van der Waals surface area contributed by atoms with E-state index in [1.807, 2.05) is 53.4 Å². The Balaban J connectivity index is 1.93. The van der Waals surface area contributed by atoms with Crippen molar-refractivity contribution in [2.24, 2.45) is 5.92 Å². The molecule has 0 spiro atoms. The molecule has 0 aromatic carbocycles. The number of carbonyl (C=O) groups excluding carboxylic acids is 2. The Bertz CT molecular complexity index is 597. The highest BCUT2D eigenvalue weighted by Gasteiger charge is 2.41. The second kappa shape index (κ2) is 7.81. The van der Waals surface area contributed by atoms with Crippen LogP contribution in [0.4, 0.5) is 4.79 Å². The van der Waals surface area contributed by atoms with Gasteiger partial charge in [-0.3, -0.25) is 4.79 Å². The van der Waals surface area contributed by atoms with Gasteiger partial charge in [-0.25, -0.2) is 4.79 Å². The summed E-state index contributed by atoms with van der Waals surface area (Å²) in [6.45, 7) is 16.1. The predicted octanol–water partition coefficient (Wildman–Crippen LogP) is 2.49. The summed E-state index contributed by atoms with van der Waals surface area (Å²) >= 11 is 5.61. The van der Waals surface area contributed by atoms with E-state index in [4.69, 9.17) is 21.7 Å². The fourth-order valence-corrected chi connectivity index (χ4v) is 3.62. The van der Waals surface area contributed by atoms with Gasteiger partial charge in [-0.15, -0.1) is 0 Å². The summed E-state index contributed by atoms with van der Waals surface area (Å²) in [7, 11) is 0. The molecule has 2 fully saturated rings. The molecule has 27 heavy (non-hydrogen) atoms. The first kappa shape index (κ1) is 21.7. The summed E-state index contributed by atoms with van der Waals surface area (Å²) in [5, 5.41) is 0.749. The largest absolute Gasteiger partial charge is 0.460 e. The zero-order valence-corrected chi connectivity index (χ0v) is 18.4. The van der Waals surface area contributed by atoms with Crippen LogP contribution in [0.15, 0.2) is 0 Å². The smallest absolute Gasteiger partial charge is 0.410 e. The van der Waals surface area contributed by atoms with Gasteiger partial charge in [0.1, 0.15) is 11.2 Å². The Labute approximate surface area is 167 Å². The van der Waals surface area contributed by atoms with Crippen LogP contribution in [0.1, 0.15) is 48.5 Å². The van der Waals surface area contributed by atoms with Gasteiger partial charge < -0.3 is 24.2 Å². The lowest BCUT2D eigenvalue weighted by Gasteiger charge is -2.37. The quantitative estimate of drug-likeness (QED) is 0.534. The Hall–Kier alpha value is -1.57. The van der Waals surface area contributed by atoms with E-state index in [0.29, 0.717) is 32.7 Å². The lowest BCUT2D eigenvalue weighted by molar-refractivity contribution is -0.159. The molecule has 8 heteroatoms. The molecule has 0 aromatic rings. The molecule has 0 saturated carbocycles. The van der Waals surface area contributed by atoms with Crippen LogP contribution in [0.3, 0.4) is 0 Å². The van der Waals surface area contributed by atoms with Gasteiger partial charge in [-0.05, 0) is 53.8 Å². The third kappa shape index (κ3) is 5.96. The van der Waals surface area contributed by atoms with Gasteiger partial charge >= 0.3 is 12.1 Å². The second-order valence-electron chi connectivity index (χ2n) is 9.40. The standard InChI is InChI=1S/C19H33N3O4S/c1-13(15(23)25-18(2,3)4)10-21-12-14-11-20(8-9-22(14)16(21)27)17(24)26-19(5,6)7/h13-14H,8-12H2,1-7H3/t13?,14-/m0/s1. The Morgan fingerprint density at radius 3 is 2.22 bits per heavy atom. The van der Waals surface area contributed by atoms with Crippen molar-refractivity contribution in [3.8, 4) is 0 Å². The number of rotatable bonds is 3. The zero-order valence-electron chi connectivity index (χ0n) is 17.6. The molecule has 0 N–H and O–H groups in total. The lowest BCUT2D eigenvalue weighted by Crippen LogP contribution is -2.54. The molecule has 0 aromatic heterocycles. The van der Waals surface area contributed by atoms with E-state index < -0.39 is 11.2 Å². The number of fused-ring (bicyclic) bond motifs is 1. The van der Waals surface area contributed by atoms with Crippen LogP contribution in [-0.4, -0.2) is 81.8 Å². The van der Waals surface area contributed by atoms with E-state index >= 15 is 0 Å². The first-order chi connectivity index (χ1) is 12.3. The van der Waals surface area contributed by atoms with E-state index in [1.165, 1.54) is 0 Å². The van der Waals surface area contributed by atoms with Crippen molar-refractivity contribution in [3.05, 3.63) is 0 Å². The molecule has 154 valence electrons. The molecular weight excluding hydrogens is 366 g/mol. The number of nitrogens with zero attached hydrogens (tertiary/aromatic N) is 3. The van der Waals surface area contributed by atoms with Gasteiger partial charge in [-0.2, -0.15) is 0 Å². The lowest BCUT2D eigenvalue weighted by atomic mass is 10.1. The van der Waals surface area contributed by atoms with Gasteiger partial charge in [0.05, 0.1) is 12.0 Å². The van der Waals surface area contributed by atoms with E-state index in [2.05, 4.69) is 4.90 Å². The molecule has 7 nitrogen and oxygen atoms in total. The van der Waals surface area contributed by atoms with Gasteiger partial charge in [0.25, 0.3) is 0 Å². The maximum absolute atomic E-state index is 12.3. The molecule has 2 atom stereocenters. The molecule has 2 rings (SSSR count). The number of carbonyl (C=O) groups is 2. The third-order valence-electron chi connectivity index (χ3n) is 4.39. The zero-order chi connectivity index (χ0) is 20.6. The van der Waals surface area contributed by atoms with E-state index in [1.54, 1.807) is 4.90 Å². The predicted molar refractivity (Wildman–Crippen MR) is 107 cm³/mol. The van der Waals surface area contributed by atoms with Gasteiger partial charge in [-0.1, -0.05) is 6.92 Å². The summed E-state index contributed by atoms with van der Waals surface area (Å²) in [6.07, 6.45) is -0.284. The topological polar surface area (TPSA) is 62.3 Å². The first-order valence-electron chi connectivity index (χ1n) is 9.53. The number of piperazine rings is 1. The molecule has 2 heterocycles. The minimum Gasteiger partial charge on any atom is -0.460 e. The number of thiocarbonyl (C=S) groups is 1. The molecule has 0 radical (unpaired) electrons. The normalized spacial score (nSPS) is 21.8. The SMILES string of the molecule is CC(CN1C[C@@H]2CN(C(=O)OC(C)(C)C)CCN2C1=S)C(=O)OC(C)(C)C. The fourth-order valence-electron chi connectivity index (χ4n) is 3.23. The maximum atomic E-state index is 12.3. The molecule has 2 aliphatic rings. The highest BCUT2D eigenvalue weighted by molar-refractivity contribution is 7.80. The van der Waals surface area contributed by atoms with E-state index in [0.717, 1.165) is 5.11 Å². The van der Waals surface area contributed by atoms with Crippen molar-refractivity contribution in [3.63, 3.8) is 0 Å². The molecule has 1 unspecified atom stereocenters. The third-order valence-corrected chi connectivity index (χ3v) is 4.88. The maximum Gasteiger partial charge on any atom is 0.410 e. The van der Waals surface area contributed by atoms with Crippen LogP contribution in [0.2, 0.25) is 0 Å². The molecule has 0 aliphatic carbocycles. The summed E-state index contributed by atoms with van der Waals surface area (Å²) in [4.78, 5) is 30.6. The van der Waals surface area contributed by atoms with Crippen molar-refractivity contribution in [2.75, 3.05) is 32.7 Å². The van der Waals surface area contributed by atoms with Crippen LogP contribution < -0.4 is 0 Å². The number of hydrogen-bond acceptors (Lipinski definition) is 5. The fraction of sp³-hybridized carbons (Fsp3) is 0.842. The minimum atomic E-state index is -0.506. The minimum absolute atomic E-state index is 0.129. The van der Waals surface area contributed by atoms with Crippen molar-refractivity contribution >= 4 is 29.4 Å². The Kier molecular flexibility index (Phi) is 6.29. The van der Waals surface area contributed by atoms with Crippen molar-refractivity contribution in [1.82, 2.24) is 14.7 Å². The number of amides is 1. The summed E-state index contributed by atoms with van der Waals surface area (Å²) < 4.78 is 10.9. The van der Waals surface area contributed by atoms with Crippen LogP contribution in [-0.2, 0) is 14.3 Å². The average molecular weight is 400 g/mol. The highest BCUT2D eigenvalue weighted by atomic mass is 32.1. The van der Waals surface area contributed by atoms with Crippen molar-refractivity contribution in [2.45, 2.75) is 65.7 Å². The molecular formula is C19H33N3O4S. The summed E-state index contributed by atoms with van der Waals surface area (Å²) in [5.41, 5.74) is -1.00. The van der Waals surface area contributed by atoms with E-state index in [-0.39, 0.29) is 24.0 Å². The highest BCUT2D eigenvalue weighted by Crippen LogP contribution is 2.24. The Morgan fingerprint density at radius 1 is 1.07 bits per heavy atom. The second-order valence-corrected chi connectivity index (χ2v) is 9.76. The average Bonchev–Trinajstić information content (AvgIpc) is 2.79. The van der Waals surface area contributed by atoms with Crippen LogP contribution >= 0.6 is 12.2 Å². The van der Waals surface area contributed by atoms with Gasteiger partial charge in [0.15, 0.2) is 5.11 Å². The van der Waals surface area contributed by atoms with Crippen molar-refractivity contribution < 1.29 is 19.1 Å². The molecule has 1 amide bonds. The van der Waals surface area contributed by atoms with Crippen LogP contribution in [0.25, 0.3) is 0 Å². The number of hydrogen-bond donors (Lipinski definition) is 0. The molecule has 2 aliphatic heterocycles. The first-order valence-corrected chi connectivity index (χ1v) is 9.94. The van der Waals surface area contributed by atoms with Crippen molar-refractivity contribution in [1.29, 1.82) is 0 Å². The van der Waals surface area contributed by atoms with Crippen LogP contribution in [0, 0.1) is 5.92 Å². The Morgan fingerprint density at radius 2 is 1.67 bits per heavy atom.